The molecule has 0 bridgehead atoms. The maximum atomic E-state index is 11.7. The van der Waals surface area contributed by atoms with E-state index in [0.717, 1.165) is 5.56 Å². The summed E-state index contributed by atoms with van der Waals surface area (Å²) in [5.41, 5.74) is 6.34. The summed E-state index contributed by atoms with van der Waals surface area (Å²) in [5.74, 6) is -0.174. The Hall–Kier alpha value is -1.39. The zero-order chi connectivity index (χ0) is 13.0. The molecule has 0 aromatic heterocycles. The Labute approximate surface area is 102 Å². The van der Waals surface area contributed by atoms with Crippen molar-refractivity contribution in [3.8, 4) is 0 Å². The third kappa shape index (κ3) is 3.28. The number of aliphatic hydroxyl groups excluding tert-OH is 1. The molecule has 0 unspecified atom stereocenters. The van der Waals surface area contributed by atoms with Gasteiger partial charge in [-0.25, -0.2) is 0 Å². The highest BCUT2D eigenvalue weighted by Crippen LogP contribution is 2.19. The van der Waals surface area contributed by atoms with Crippen molar-refractivity contribution in [2.45, 2.75) is 32.0 Å². The van der Waals surface area contributed by atoms with Crippen molar-refractivity contribution in [3.63, 3.8) is 0 Å². The van der Waals surface area contributed by atoms with E-state index in [1.54, 1.807) is 20.9 Å². The lowest BCUT2D eigenvalue weighted by Gasteiger charge is -2.30. The van der Waals surface area contributed by atoms with Crippen molar-refractivity contribution in [2.75, 3.05) is 7.05 Å². The van der Waals surface area contributed by atoms with Crippen LogP contribution in [0.25, 0.3) is 0 Å². The first kappa shape index (κ1) is 13.7. The molecule has 0 fully saturated rings. The number of nitrogens with two attached hydrogens (primary N) is 1. The third-order valence-corrected chi connectivity index (χ3v) is 2.95. The van der Waals surface area contributed by atoms with Crippen LogP contribution in [0, 0.1) is 0 Å². The molecular formula is C13H20N2O2. The van der Waals surface area contributed by atoms with Gasteiger partial charge in [0.15, 0.2) is 0 Å². The van der Waals surface area contributed by atoms with E-state index in [0.29, 0.717) is 0 Å². The number of rotatable bonds is 4. The molecule has 1 amide bonds. The van der Waals surface area contributed by atoms with Gasteiger partial charge in [-0.1, -0.05) is 30.3 Å². The Morgan fingerprint density at radius 2 is 1.82 bits per heavy atom. The number of aliphatic hydroxyl groups is 1. The van der Waals surface area contributed by atoms with Gasteiger partial charge in [0.25, 0.3) is 0 Å². The second kappa shape index (κ2) is 5.80. The van der Waals surface area contributed by atoms with Gasteiger partial charge < -0.3 is 15.7 Å². The molecule has 0 aliphatic carbocycles. The fourth-order valence-corrected chi connectivity index (χ4v) is 1.66. The molecule has 0 heterocycles. The standard InChI is InChI=1S/C13H20N2O2/c1-9(14)13(17)15(3)10(2)12(16)11-7-5-4-6-8-11/h4-10,12,16H,14H2,1-3H3/t9-,10+,12-/m1/s1. The molecule has 94 valence electrons. The van der Waals surface area contributed by atoms with E-state index in [2.05, 4.69) is 0 Å². The van der Waals surface area contributed by atoms with Crippen LogP contribution in [-0.4, -0.2) is 35.0 Å². The maximum absolute atomic E-state index is 11.7. The lowest BCUT2D eigenvalue weighted by molar-refractivity contribution is -0.134. The normalized spacial score (nSPS) is 16.1. The summed E-state index contributed by atoms with van der Waals surface area (Å²) in [7, 11) is 1.66. The van der Waals surface area contributed by atoms with Gasteiger partial charge in [0.05, 0.1) is 18.2 Å². The number of nitrogens with zero attached hydrogens (tertiary/aromatic N) is 1. The topological polar surface area (TPSA) is 66.6 Å². The summed E-state index contributed by atoms with van der Waals surface area (Å²) < 4.78 is 0. The Morgan fingerprint density at radius 1 is 1.29 bits per heavy atom. The molecule has 3 N–H and O–H groups in total. The first-order chi connectivity index (χ1) is 7.95. The molecule has 0 saturated heterocycles. The minimum absolute atomic E-state index is 0.174. The van der Waals surface area contributed by atoms with Crippen molar-refractivity contribution in [2.24, 2.45) is 5.73 Å². The number of hydrogen-bond acceptors (Lipinski definition) is 3. The van der Waals surface area contributed by atoms with E-state index in [1.807, 2.05) is 30.3 Å². The smallest absolute Gasteiger partial charge is 0.239 e. The van der Waals surface area contributed by atoms with Gasteiger partial charge in [0.1, 0.15) is 0 Å². The first-order valence-electron chi connectivity index (χ1n) is 5.70. The summed E-state index contributed by atoms with van der Waals surface area (Å²) >= 11 is 0. The zero-order valence-electron chi connectivity index (χ0n) is 10.5. The van der Waals surface area contributed by atoms with E-state index in [-0.39, 0.29) is 11.9 Å². The molecule has 3 atom stereocenters. The average Bonchev–Trinajstić information content (AvgIpc) is 2.36. The van der Waals surface area contributed by atoms with E-state index >= 15 is 0 Å². The molecule has 1 rings (SSSR count). The summed E-state index contributed by atoms with van der Waals surface area (Å²) in [6.45, 7) is 3.44. The Kier molecular flexibility index (Phi) is 4.66. The van der Waals surface area contributed by atoms with E-state index < -0.39 is 12.1 Å². The number of likely N-dealkylation sites (N-methyl/N-ethyl adjacent to an activating group) is 1. The quantitative estimate of drug-likeness (QED) is 0.816. The van der Waals surface area contributed by atoms with Crippen LogP contribution in [0.15, 0.2) is 30.3 Å². The molecule has 4 heteroatoms. The number of hydrogen-bond donors (Lipinski definition) is 2. The van der Waals surface area contributed by atoms with Crippen molar-refractivity contribution in [1.29, 1.82) is 0 Å². The van der Waals surface area contributed by atoms with Crippen LogP contribution >= 0.6 is 0 Å². The second-order valence-corrected chi connectivity index (χ2v) is 4.33. The lowest BCUT2D eigenvalue weighted by atomic mass is 10.0. The molecule has 1 aromatic rings. The molecule has 0 radical (unpaired) electrons. The minimum atomic E-state index is -0.705. The van der Waals surface area contributed by atoms with Crippen LogP contribution in [0.2, 0.25) is 0 Å². The molecular weight excluding hydrogens is 216 g/mol. The maximum Gasteiger partial charge on any atom is 0.239 e. The predicted octanol–water partition coefficient (Wildman–Crippen LogP) is 0.914. The van der Waals surface area contributed by atoms with Crippen LogP contribution in [0.5, 0.6) is 0 Å². The monoisotopic (exact) mass is 236 g/mol. The predicted molar refractivity (Wildman–Crippen MR) is 67.3 cm³/mol. The van der Waals surface area contributed by atoms with E-state index in [1.165, 1.54) is 4.90 Å². The highest BCUT2D eigenvalue weighted by Gasteiger charge is 2.25. The largest absolute Gasteiger partial charge is 0.386 e. The molecule has 0 aliphatic rings. The highest BCUT2D eigenvalue weighted by atomic mass is 16.3. The molecule has 4 nitrogen and oxygen atoms in total. The number of carbonyl (C=O) groups is 1. The fourth-order valence-electron chi connectivity index (χ4n) is 1.66. The highest BCUT2D eigenvalue weighted by molar-refractivity contribution is 5.81. The van der Waals surface area contributed by atoms with Gasteiger partial charge in [-0.05, 0) is 19.4 Å². The molecule has 17 heavy (non-hydrogen) atoms. The minimum Gasteiger partial charge on any atom is -0.386 e. The summed E-state index contributed by atoms with van der Waals surface area (Å²) in [4.78, 5) is 13.2. The molecule has 0 spiro atoms. The van der Waals surface area contributed by atoms with Crippen molar-refractivity contribution >= 4 is 5.91 Å². The van der Waals surface area contributed by atoms with Crippen LogP contribution in [0.3, 0.4) is 0 Å². The Morgan fingerprint density at radius 3 is 2.29 bits per heavy atom. The van der Waals surface area contributed by atoms with E-state index in [9.17, 15) is 9.90 Å². The third-order valence-electron chi connectivity index (χ3n) is 2.95. The summed E-state index contributed by atoms with van der Waals surface area (Å²) in [6.07, 6.45) is -0.705. The van der Waals surface area contributed by atoms with Gasteiger partial charge in [-0.15, -0.1) is 0 Å². The van der Waals surface area contributed by atoms with Gasteiger partial charge >= 0.3 is 0 Å². The van der Waals surface area contributed by atoms with Gasteiger partial charge in [0, 0.05) is 7.05 Å². The molecule has 0 saturated carbocycles. The van der Waals surface area contributed by atoms with Crippen molar-refractivity contribution < 1.29 is 9.90 Å². The Balaban J connectivity index is 2.76. The lowest BCUT2D eigenvalue weighted by Crippen LogP contribution is -2.46. The first-order valence-corrected chi connectivity index (χ1v) is 5.70. The molecule has 0 aliphatic heterocycles. The number of benzene rings is 1. The van der Waals surface area contributed by atoms with Crippen molar-refractivity contribution in [1.82, 2.24) is 4.90 Å². The van der Waals surface area contributed by atoms with Crippen LogP contribution < -0.4 is 5.73 Å². The van der Waals surface area contributed by atoms with Crippen molar-refractivity contribution in [3.05, 3.63) is 35.9 Å². The van der Waals surface area contributed by atoms with Gasteiger partial charge in [0.2, 0.25) is 5.91 Å². The van der Waals surface area contributed by atoms with Crippen LogP contribution in [-0.2, 0) is 4.79 Å². The average molecular weight is 236 g/mol. The summed E-state index contributed by atoms with van der Waals surface area (Å²) in [6, 6.07) is 8.42. The Bertz CT molecular complexity index is 365. The van der Waals surface area contributed by atoms with Crippen LogP contribution in [0.4, 0.5) is 0 Å². The van der Waals surface area contributed by atoms with E-state index in [4.69, 9.17) is 5.73 Å². The van der Waals surface area contributed by atoms with Gasteiger partial charge in [-0.2, -0.15) is 0 Å². The number of amides is 1. The zero-order valence-corrected chi connectivity index (χ0v) is 10.5. The number of carbonyl (C=O) groups excluding carboxylic acids is 1. The molecule has 1 aromatic carbocycles. The second-order valence-electron chi connectivity index (χ2n) is 4.33. The fraction of sp³-hybridized carbons (Fsp3) is 0.462. The SMILES string of the molecule is C[C@@H](N)C(=O)N(C)[C@@H](C)[C@@H](O)c1ccccc1. The van der Waals surface area contributed by atoms with Crippen LogP contribution in [0.1, 0.15) is 25.5 Å². The van der Waals surface area contributed by atoms with Gasteiger partial charge in [-0.3, -0.25) is 4.79 Å². The summed E-state index contributed by atoms with van der Waals surface area (Å²) in [5, 5.41) is 10.2.